The van der Waals surface area contributed by atoms with E-state index in [0.29, 0.717) is 22.9 Å². The lowest BCUT2D eigenvalue weighted by molar-refractivity contribution is -0.147. The van der Waals surface area contributed by atoms with Crippen LogP contribution in [0.5, 0.6) is 5.75 Å². The predicted molar refractivity (Wildman–Crippen MR) is 99.9 cm³/mol. The first kappa shape index (κ1) is 20.2. The molecule has 0 aliphatic rings. The highest BCUT2D eigenvalue weighted by Crippen LogP contribution is 2.27. The highest BCUT2D eigenvalue weighted by atomic mass is 79.9. The molecule has 8 heteroatoms. The summed E-state index contributed by atoms with van der Waals surface area (Å²) >= 11 is 9.32. The van der Waals surface area contributed by atoms with Gasteiger partial charge in [0.2, 0.25) is 0 Å². The van der Waals surface area contributed by atoms with Crippen molar-refractivity contribution < 1.29 is 23.5 Å². The van der Waals surface area contributed by atoms with Gasteiger partial charge >= 0.3 is 5.97 Å². The normalized spacial score (nSPS) is 10.3. The number of hydrogen-bond donors (Lipinski definition) is 1. The predicted octanol–water partition coefficient (Wildman–Crippen LogP) is 4.58. The van der Waals surface area contributed by atoms with Crippen LogP contribution in [0.2, 0.25) is 5.02 Å². The molecular weight excluding hydrogens is 429 g/mol. The zero-order valence-electron chi connectivity index (χ0n) is 13.6. The molecule has 0 bridgehead atoms. The summed E-state index contributed by atoms with van der Waals surface area (Å²) in [6.07, 6.45) is 0.531. The van der Waals surface area contributed by atoms with Crippen molar-refractivity contribution >= 4 is 45.1 Å². The zero-order chi connectivity index (χ0) is 18.9. The van der Waals surface area contributed by atoms with Crippen LogP contribution in [0.3, 0.4) is 0 Å². The third kappa shape index (κ3) is 7.01. The highest BCUT2D eigenvalue weighted by molar-refractivity contribution is 9.10. The third-order valence-corrected chi connectivity index (χ3v) is 3.96. The van der Waals surface area contributed by atoms with Gasteiger partial charge in [0.05, 0.1) is 11.6 Å². The van der Waals surface area contributed by atoms with Crippen LogP contribution in [0.15, 0.2) is 46.9 Å². The summed E-state index contributed by atoms with van der Waals surface area (Å²) in [6, 6.07) is 10.5. The second kappa shape index (κ2) is 10.1. The molecule has 0 heterocycles. The smallest absolute Gasteiger partial charge is 0.306 e. The first-order chi connectivity index (χ1) is 12.4. The SMILES string of the molecule is O=C(COC(=O)CCCOc1ccc(Br)cc1Cl)Nc1ccc(F)cc1. The molecule has 0 saturated heterocycles. The van der Waals surface area contributed by atoms with Gasteiger partial charge in [0.25, 0.3) is 5.91 Å². The summed E-state index contributed by atoms with van der Waals surface area (Å²) in [7, 11) is 0. The Morgan fingerprint density at radius 1 is 1.15 bits per heavy atom. The minimum absolute atomic E-state index is 0.109. The molecule has 2 aromatic rings. The van der Waals surface area contributed by atoms with Gasteiger partial charge in [-0.15, -0.1) is 0 Å². The van der Waals surface area contributed by atoms with Crippen LogP contribution in [0.1, 0.15) is 12.8 Å². The molecule has 1 amide bonds. The summed E-state index contributed by atoms with van der Waals surface area (Å²) in [4.78, 5) is 23.3. The van der Waals surface area contributed by atoms with E-state index >= 15 is 0 Å². The van der Waals surface area contributed by atoms with Crippen molar-refractivity contribution in [1.29, 1.82) is 0 Å². The van der Waals surface area contributed by atoms with Gasteiger partial charge < -0.3 is 14.8 Å². The number of benzene rings is 2. The summed E-state index contributed by atoms with van der Waals surface area (Å²) < 4.78 is 24.0. The van der Waals surface area contributed by atoms with Gasteiger partial charge in [0.15, 0.2) is 6.61 Å². The quantitative estimate of drug-likeness (QED) is 0.478. The largest absolute Gasteiger partial charge is 0.492 e. The van der Waals surface area contributed by atoms with Crippen molar-refractivity contribution in [3.63, 3.8) is 0 Å². The lowest BCUT2D eigenvalue weighted by atomic mass is 10.3. The lowest BCUT2D eigenvalue weighted by Gasteiger charge is -2.09. The molecule has 0 fully saturated rings. The number of anilines is 1. The standard InChI is InChI=1S/C18H16BrClFNO4/c19-12-3-8-16(15(20)10-12)25-9-1-2-18(24)26-11-17(23)22-14-6-4-13(21)5-7-14/h3-8,10H,1-2,9,11H2,(H,22,23). The lowest BCUT2D eigenvalue weighted by Crippen LogP contribution is -2.21. The molecule has 0 spiro atoms. The number of rotatable bonds is 8. The zero-order valence-corrected chi connectivity index (χ0v) is 16.0. The molecule has 0 aliphatic heterocycles. The van der Waals surface area contributed by atoms with Gasteiger partial charge in [-0.25, -0.2) is 4.39 Å². The number of carbonyl (C=O) groups is 2. The third-order valence-electron chi connectivity index (χ3n) is 3.17. The average molecular weight is 445 g/mol. The topological polar surface area (TPSA) is 64.6 Å². The van der Waals surface area contributed by atoms with Gasteiger partial charge in [0.1, 0.15) is 11.6 Å². The number of halogens is 3. The van der Waals surface area contributed by atoms with Crippen molar-refractivity contribution in [3.8, 4) is 5.75 Å². The van der Waals surface area contributed by atoms with Crippen LogP contribution >= 0.6 is 27.5 Å². The minimum Gasteiger partial charge on any atom is -0.492 e. The maximum atomic E-state index is 12.8. The van der Waals surface area contributed by atoms with Gasteiger partial charge in [0, 0.05) is 16.6 Å². The first-order valence-electron chi connectivity index (χ1n) is 7.73. The number of amides is 1. The number of nitrogens with one attached hydrogen (secondary N) is 1. The number of carbonyl (C=O) groups excluding carboxylic acids is 2. The Bertz CT molecular complexity index is 770. The summed E-state index contributed by atoms with van der Waals surface area (Å²) in [5, 5.41) is 2.97. The molecular formula is C18H16BrClFNO4. The van der Waals surface area contributed by atoms with Crippen LogP contribution in [-0.2, 0) is 14.3 Å². The fourth-order valence-electron chi connectivity index (χ4n) is 1.94. The monoisotopic (exact) mass is 443 g/mol. The fourth-order valence-corrected chi connectivity index (χ4v) is 2.67. The van der Waals surface area contributed by atoms with Crippen molar-refractivity contribution in [2.75, 3.05) is 18.5 Å². The van der Waals surface area contributed by atoms with Crippen molar-refractivity contribution in [2.24, 2.45) is 0 Å². The van der Waals surface area contributed by atoms with E-state index in [1.54, 1.807) is 18.2 Å². The first-order valence-corrected chi connectivity index (χ1v) is 8.90. The van der Waals surface area contributed by atoms with Crippen LogP contribution < -0.4 is 10.1 Å². The Balaban J connectivity index is 1.62. The average Bonchev–Trinajstić information content (AvgIpc) is 2.60. The Morgan fingerprint density at radius 3 is 2.58 bits per heavy atom. The molecule has 26 heavy (non-hydrogen) atoms. The Labute approximate surface area is 163 Å². The molecule has 0 saturated carbocycles. The fraction of sp³-hybridized carbons (Fsp3) is 0.222. The summed E-state index contributed by atoms with van der Waals surface area (Å²) in [6.45, 7) is -0.117. The molecule has 2 rings (SSSR count). The van der Waals surface area contributed by atoms with Gasteiger partial charge in [-0.3, -0.25) is 9.59 Å². The maximum Gasteiger partial charge on any atom is 0.306 e. The number of ether oxygens (including phenoxy) is 2. The molecule has 138 valence electrons. The molecule has 0 aromatic heterocycles. The summed E-state index contributed by atoms with van der Waals surface area (Å²) in [5.41, 5.74) is 0.423. The minimum atomic E-state index is -0.509. The van der Waals surface area contributed by atoms with E-state index in [1.807, 2.05) is 0 Å². The van der Waals surface area contributed by atoms with Crippen molar-refractivity contribution in [2.45, 2.75) is 12.8 Å². The Kier molecular flexibility index (Phi) is 7.87. The van der Waals surface area contributed by atoms with E-state index in [-0.39, 0.29) is 13.0 Å². The molecule has 2 aromatic carbocycles. The van der Waals surface area contributed by atoms with Crippen molar-refractivity contribution in [3.05, 3.63) is 57.8 Å². The van der Waals surface area contributed by atoms with Crippen LogP contribution in [-0.4, -0.2) is 25.1 Å². The highest BCUT2D eigenvalue weighted by Gasteiger charge is 2.09. The molecule has 0 unspecified atom stereocenters. The van der Waals surface area contributed by atoms with Crippen LogP contribution in [0, 0.1) is 5.82 Å². The van der Waals surface area contributed by atoms with E-state index in [4.69, 9.17) is 21.1 Å². The number of hydrogen-bond acceptors (Lipinski definition) is 4. The second-order valence-corrected chi connectivity index (χ2v) is 6.57. The van der Waals surface area contributed by atoms with E-state index < -0.39 is 24.3 Å². The van der Waals surface area contributed by atoms with E-state index in [1.165, 1.54) is 24.3 Å². The Morgan fingerprint density at radius 2 is 1.88 bits per heavy atom. The molecule has 1 N–H and O–H groups in total. The molecule has 0 atom stereocenters. The van der Waals surface area contributed by atoms with E-state index in [0.717, 1.165) is 4.47 Å². The van der Waals surface area contributed by atoms with Gasteiger partial charge in [-0.1, -0.05) is 27.5 Å². The van der Waals surface area contributed by atoms with Crippen molar-refractivity contribution in [1.82, 2.24) is 0 Å². The van der Waals surface area contributed by atoms with Gasteiger partial charge in [-0.2, -0.15) is 0 Å². The van der Waals surface area contributed by atoms with Crippen LogP contribution in [0.25, 0.3) is 0 Å². The maximum absolute atomic E-state index is 12.8. The second-order valence-electron chi connectivity index (χ2n) is 5.24. The molecule has 0 aliphatic carbocycles. The summed E-state index contributed by atoms with van der Waals surface area (Å²) in [5.74, 6) is -0.879. The van der Waals surface area contributed by atoms with Gasteiger partial charge in [-0.05, 0) is 48.9 Å². The Hall–Kier alpha value is -2.12. The van der Waals surface area contributed by atoms with Crippen LogP contribution in [0.4, 0.5) is 10.1 Å². The number of esters is 1. The molecule has 5 nitrogen and oxygen atoms in total. The molecule has 0 radical (unpaired) electrons. The van der Waals surface area contributed by atoms with E-state index in [2.05, 4.69) is 21.2 Å². The van der Waals surface area contributed by atoms with E-state index in [9.17, 15) is 14.0 Å².